The van der Waals surface area contributed by atoms with Crippen molar-refractivity contribution in [2.75, 3.05) is 11.4 Å². The molecule has 0 unspecified atom stereocenters. The summed E-state index contributed by atoms with van der Waals surface area (Å²) in [5.41, 5.74) is 3.78. The van der Waals surface area contributed by atoms with Crippen LogP contribution in [0.3, 0.4) is 0 Å². The van der Waals surface area contributed by atoms with Crippen LogP contribution in [0.5, 0.6) is 0 Å². The van der Waals surface area contributed by atoms with Crippen molar-refractivity contribution in [1.82, 2.24) is 4.98 Å². The molecule has 5 heteroatoms. The van der Waals surface area contributed by atoms with Gasteiger partial charge < -0.3 is 0 Å². The Balaban J connectivity index is 1.89. The predicted octanol–water partition coefficient (Wildman–Crippen LogP) is 5.94. The molecule has 0 spiro atoms. The van der Waals surface area contributed by atoms with Crippen LogP contribution < -0.4 is 4.90 Å². The molecule has 1 heterocycles. The van der Waals surface area contributed by atoms with Crippen molar-refractivity contribution in [1.29, 1.82) is 0 Å². The number of aryl methyl sites for hydroxylation is 1. The highest BCUT2D eigenvalue weighted by Crippen LogP contribution is 2.29. The lowest BCUT2D eigenvalue weighted by molar-refractivity contribution is 0.0987. The molecular formula is C20H19BrN2OS. The quantitative estimate of drug-likeness (QED) is 0.517. The Morgan fingerprint density at radius 3 is 2.44 bits per heavy atom. The van der Waals surface area contributed by atoms with Gasteiger partial charge in [0.1, 0.15) is 0 Å². The van der Waals surface area contributed by atoms with Gasteiger partial charge in [0.2, 0.25) is 0 Å². The van der Waals surface area contributed by atoms with E-state index in [-0.39, 0.29) is 5.91 Å². The number of aromatic nitrogens is 1. The van der Waals surface area contributed by atoms with Crippen molar-refractivity contribution < 1.29 is 4.79 Å². The van der Waals surface area contributed by atoms with E-state index in [1.165, 1.54) is 11.3 Å². The van der Waals surface area contributed by atoms with Crippen LogP contribution in [-0.2, 0) is 0 Å². The van der Waals surface area contributed by atoms with Crippen molar-refractivity contribution >= 4 is 38.3 Å². The van der Waals surface area contributed by atoms with Crippen molar-refractivity contribution in [3.8, 4) is 11.3 Å². The minimum absolute atomic E-state index is 0.00134. The van der Waals surface area contributed by atoms with Crippen LogP contribution in [0, 0.1) is 6.92 Å². The average molecular weight is 415 g/mol. The lowest BCUT2D eigenvalue weighted by atomic mass is 10.1. The molecule has 0 bridgehead atoms. The maximum atomic E-state index is 12.9. The average Bonchev–Trinajstić information content (AvgIpc) is 3.10. The van der Waals surface area contributed by atoms with Crippen LogP contribution in [0.4, 0.5) is 5.13 Å². The van der Waals surface area contributed by atoms with E-state index in [4.69, 9.17) is 4.98 Å². The SMILES string of the molecule is CCCN(C(=O)c1ccc(C)cc1)c1nc(-c2ccc(Br)cc2)cs1. The third kappa shape index (κ3) is 4.17. The van der Waals surface area contributed by atoms with Gasteiger partial charge in [0.25, 0.3) is 5.91 Å². The fourth-order valence-electron chi connectivity index (χ4n) is 2.50. The number of hydrogen-bond donors (Lipinski definition) is 0. The van der Waals surface area contributed by atoms with Crippen LogP contribution in [-0.4, -0.2) is 17.4 Å². The van der Waals surface area contributed by atoms with Gasteiger partial charge in [-0.25, -0.2) is 4.98 Å². The van der Waals surface area contributed by atoms with E-state index in [1.807, 2.05) is 60.8 Å². The van der Waals surface area contributed by atoms with Gasteiger partial charge in [0.15, 0.2) is 5.13 Å². The van der Waals surface area contributed by atoms with Gasteiger partial charge in [-0.3, -0.25) is 9.69 Å². The maximum absolute atomic E-state index is 12.9. The molecule has 0 radical (unpaired) electrons. The van der Waals surface area contributed by atoms with Crippen LogP contribution in [0.15, 0.2) is 58.4 Å². The second-order valence-corrected chi connectivity index (χ2v) is 7.60. The van der Waals surface area contributed by atoms with E-state index in [9.17, 15) is 4.79 Å². The zero-order valence-electron chi connectivity index (χ0n) is 14.2. The molecule has 0 atom stereocenters. The maximum Gasteiger partial charge on any atom is 0.260 e. The number of rotatable bonds is 5. The zero-order valence-corrected chi connectivity index (χ0v) is 16.6. The van der Waals surface area contributed by atoms with Crippen LogP contribution >= 0.6 is 27.3 Å². The van der Waals surface area contributed by atoms with E-state index in [1.54, 1.807) is 4.90 Å². The van der Waals surface area contributed by atoms with Crippen molar-refractivity contribution in [2.45, 2.75) is 20.3 Å². The first-order valence-electron chi connectivity index (χ1n) is 8.18. The summed E-state index contributed by atoms with van der Waals surface area (Å²) in [5, 5.41) is 2.74. The monoisotopic (exact) mass is 414 g/mol. The molecule has 1 aromatic heterocycles. The minimum Gasteiger partial charge on any atom is -0.284 e. The molecule has 3 nitrogen and oxygen atoms in total. The molecule has 0 fully saturated rings. The fourth-order valence-corrected chi connectivity index (χ4v) is 3.62. The van der Waals surface area contributed by atoms with E-state index in [0.717, 1.165) is 32.8 Å². The second-order valence-electron chi connectivity index (χ2n) is 5.85. The molecular weight excluding hydrogens is 396 g/mol. The minimum atomic E-state index is -0.00134. The summed E-state index contributed by atoms with van der Waals surface area (Å²) in [4.78, 5) is 19.4. The van der Waals surface area contributed by atoms with Crippen LogP contribution in [0.1, 0.15) is 29.3 Å². The Kier molecular flexibility index (Phi) is 5.66. The third-order valence-electron chi connectivity index (χ3n) is 3.85. The Morgan fingerprint density at radius 1 is 1.12 bits per heavy atom. The highest BCUT2D eigenvalue weighted by molar-refractivity contribution is 9.10. The topological polar surface area (TPSA) is 33.2 Å². The molecule has 128 valence electrons. The second kappa shape index (κ2) is 7.93. The van der Waals surface area contributed by atoms with Crippen molar-refractivity contribution in [3.63, 3.8) is 0 Å². The van der Waals surface area contributed by atoms with E-state index in [0.29, 0.717) is 12.1 Å². The van der Waals surface area contributed by atoms with Crippen LogP contribution in [0.25, 0.3) is 11.3 Å². The molecule has 0 aliphatic carbocycles. The number of hydrogen-bond acceptors (Lipinski definition) is 3. The van der Waals surface area contributed by atoms with E-state index >= 15 is 0 Å². The number of nitrogens with zero attached hydrogens (tertiary/aromatic N) is 2. The molecule has 2 aromatic carbocycles. The lowest BCUT2D eigenvalue weighted by Gasteiger charge is -2.19. The van der Waals surface area contributed by atoms with Gasteiger partial charge in [0, 0.05) is 27.5 Å². The summed E-state index contributed by atoms with van der Waals surface area (Å²) < 4.78 is 1.04. The summed E-state index contributed by atoms with van der Waals surface area (Å²) in [6.45, 7) is 4.74. The van der Waals surface area contributed by atoms with E-state index < -0.39 is 0 Å². The summed E-state index contributed by atoms with van der Waals surface area (Å²) in [6, 6.07) is 15.7. The Morgan fingerprint density at radius 2 is 1.80 bits per heavy atom. The normalized spacial score (nSPS) is 10.7. The fraction of sp³-hybridized carbons (Fsp3) is 0.200. The van der Waals surface area contributed by atoms with Gasteiger partial charge in [-0.15, -0.1) is 11.3 Å². The van der Waals surface area contributed by atoms with Gasteiger partial charge in [0.05, 0.1) is 5.69 Å². The smallest absolute Gasteiger partial charge is 0.260 e. The number of benzene rings is 2. The molecule has 25 heavy (non-hydrogen) atoms. The summed E-state index contributed by atoms with van der Waals surface area (Å²) in [6.07, 6.45) is 0.880. The van der Waals surface area contributed by atoms with Crippen molar-refractivity contribution in [2.24, 2.45) is 0 Å². The number of thiazole rings is 1. The molecule has 0 saturated carbocycles. The Labute approximate surface area is 160 Å². The summed E-state index contributed by atoms with van der Waals surface area (Å²) in [5.74, 6) is -0.00134. The first-order chi connectivity index (χ1) is 12.1. The number of amides is 1. The number of carbonyl (C=O) groups is 1. The number of halogens is 1. The molecule has 3 rings (SSSR count). The molecule has 0 aliphatic heterocycles. The number of carbonyl (C=O) groups excluding carboxylic acids is 1. The molecule has 0 aliphatic rings. The Hall–Kier alpha value is -1.98. The standard InChI is InChI=1S/C20H19BrN2OS/c1-3-12-23(19(24)16-6-4-14(2)5-7-16)20-22-18(13-25-20)15-8-10-17(21)11-9-15/h4-11,13H,3,12H2,1-2H3. The van der Waals surface area contributed by atoms with Gasteiger partial charge in [-0.2, -0.15) is 0 Å². The summed E-state index contributed by atoms with van der Waals surface area (Å²) >= 11 is 4.95. The molecule has 0 saturated heterocycles. The highest BCUT2D eigenvalue weighted by atomic mass is 79.9. The van der Waals surface area contributed by atoms with Crippen LogP contribution in [0.2, 0.25) is 0 Å². The van der Waals surface area contributed by atoms with Gasteiger partial charge in [-0.05, 0) is 37.6 Å². The molecule has 1 amide bonds. The lowest BCUT2D eigenvalue weighted by Crippen LogP contribution is -2.31. The highest BCUT2D eigenvalue weighted by Gasteiger charge is 2.20. The molecule has 3 aromatic rings. The van der Waals surface area contributed by atoms with Gasteiger partial charge in [-0.1, -0.05) is 52.7 Å². The molecule has 0 N–H and O–H groups in total. The first kappa shape index (κ1) is 17.8. The van der Waals surface area contributed by atoms with Crippen molar-refractivity contribution in [3.05, 3.63) is 69.5 Å². The third-order valence-corrected chi connectivity index (χ3v) is 5.25. The van der Waals surface area contributed by atoms with E-state index in [2.05, 4.69) is 22.9 Å². The largest absolute Gasteiger partial charge is 0.284 e. The summed E-state index contributed by atoms with van der Waals surface area (Å²) in [7, 11) is 0. The first-order valence-corrected chi connectivity index (χ1v) is 9.85. The predicted molar refractivity (Wildman–Crippen MR) is 108 cm³/mol. The zero-order chi connectivity index (χ0) is 17.8. The number of anilines is 1. The van der Waals surface area contributed by atoms with Gasteiger partial charge >= 0.3 is 0 Å². The Bertz CT molecular complexity index is 856.